The van der Waals surface area contributed by atoms with Gasteiger partial charge in [-0.15, -0.1) is 0 Å². The summed E-state index contributed by atoms with van der Waals surface area (Å²) in [6.45, 7) is 10.2. The van der Waals surface area contributed by atoms with E-state index in [1.165, 1.54) is 19.2 Å². The Labute approximate surface area is 239 Å². The third-order valence-corrected chi connectivity index (χ3v) is 6.57. The number of hydrogen-bond donors (Lipinski definition) is 3. The van der Waals surface area contributed by atoms with Crippen molar-refractivity contribution in [2.24, 2.45) is 5.41 Å². The quantitative estimate of drug-likeness (QED) is 0.301. The van der Waals surface area contributed by atoms with Crippen LogP contribution in [-0.4, -0.2) is 80.2 Å². The van der Waals surface area contributed by atoms with Crippen molar-refractivity contribution in [1.82, 2.24) is 15.2 Å². The summed E-state index contributed by atoms with van der Waals surface area (Å²) in [5.41, 5.74) is 0.704. The molecule has 0 bridgehead atoms. The molecule has 1 fully saturated rings. The van der Waals surface area contributed by atoms with E-state index in [2.05, 4.69) is 41.3 Å². The number of β-amino-alcohol motifs (C(OH)–C–C–N with tert-alkyl or cyclic N) is 1. The lowest BCUT2D eigenvalue weighted by molar-refractivity contribution is 0.00446. The highest BCUT2D eigenvalue weighted by Gasteiger charge is 2.18. The van der Waals surface area contributed by atoms with E-state index in [1.807, 2.05) is 0 Å². The molecule has 1 aliphatic rings. The molecule has 0 spiro atoms. The molecule has 0 saturated carbocycles. The Kier molecular flexibility index (Phi) is 10.2. The summed E-state index contributed by atoms with van der Waals surface area (Å²) in [4.78, 5) is 18.7. The molecule has 41 heavy (non-hydrogen) atoms. The van der Waals surface area contributed by atoms with Crippen molar-refractivity contribution in [2.45, 2.75) is 33.3 Å². The van der Waals surface area contributed by atoms with Gasteiger partial charge in [0.05, 0.1) is 31.5 Å². The monoisotopic (exact) mass is 570 g/mol. The Morgan fingerprint density at radius 3 is 2.63 bits per heavy atom. The number of aliphatic hydroxyl groups is 1. The Morgan fingerprint density at radius 2 is 1.93 bits per heavy atom. The molecule has 1 saturated heterocycles. The Hall–Kier alpha value is -3.67. The number of carbonyl (C=O) groups excluding carboxylic acids is 1. The van der Waals surface area contributed by atoms with Gasteiger partial charge in [0.1, 0.15) is 30.0 Å². The molecule has 0 radical (unpaired) electrons. The summed E-state index contributed by atoms with van der Waals surface area (Å²) < 4.78 is 37.6. The number of nitrogens with one attached hydrogen (secondary N) is 2. The van der Waals surface area contributed by atoms with Gasteiger partial charge in [-0.2, -0.15) is 0 Å². The van der Waals surface area contributed by atoms with E-state index < -0.39 is 18.0 Å². The fourth-order valence-electron chi connectivity index (χ4n) is 4.32. The molecule has 10 nitrogen and oxygen atoms in total. The summed E-state index contributed by atoms with van der Waals surface area (Å²) in [5.74, 6) is 0.937. The number of nitrogens with zero attached hydrogens (tertiary/aromatic N) is 2. The number of ether oxygens (including phenoxy) is 4. The number of benzene rings is 2. The number of aliphatic hydroxyl groups excluding tert-OH is 1. The molecule has 2 aromatic carbocycles. The summed E-state index contributed by atoms with van der Waals surface area (Å²) in [7, 11) is 1.52. The van der Waals surface area contributed by atoms with E-state index in [4.69, 9.17) is 18.9 Å². The standard InChI is InChI=1S/C30H39FN4O6/c1-30(2,3)8-10-33-29(37)34-24-6-5-21(15-23(24)31)41-26-7-9-32-25-17-28(27(38-4)16-22(25)26)40-19-20(36)18-35-11-13-39-14-12-35/h5-7,9,15-17,20,36H,8,10-14,18-19H2,1-4H3,(H2,33,34,37). The molecule has 2 heterocycles. The second-order valence-electron chi connectivity index (χ2n) is 11.1. The average molecular weight is 571 g/mol. The number of urea groups is 1. The fraction of sp³-hybridized carbons (Fsp3) is 0.467. The van der Waals surface area contributed by atoms with Gasteiger partial charge in [-0.1, -0.05) is 20.8 Å². The van der Waals surface area contributed by atoms with Crippen LogP contribution in [0.25, 0.3) is 10.9 Å². The SMILES string of the molecule is COc1cc2c(Oc3ccc(NC(=O)NCCC(C)(C)C)c(F)c3)ccnc2cc1OCC(O)CN1CCOCC1. The van der Waals surface area contributed by atoms with E-state index in [1.54, 1.807) is 30.5 Å². The maximum absolute atomic E-state index is 14.8. The molecule has 1 aliphatic heterocycles. The molecule has 0 aliphatic carbocycles. The zero-order valence-electron chi connectivity index (χ0n) is 24.0. The molecule has 1 atom stereocenters. The predicted octanol–water partition coefficient (Wildman–Crippen LogP) is 4.80. The summed E-state index contributed by atoms with van der Waals surface area (Å²) in [6.07, 6.45) is 1.69. The highest BCUT2D eigenvalue weighted by Crippen LogP contribution is 2.37. The molecule has 1 unspecified atom stereocenters. The zero-order valence-corrected chi connectivity index (χ0v) is 24.0. The number of carbonyl (C=O) groups is 1. The van der Waals surface area contributed by atoms with Crippen LogP contribution in [0.4, 0.5) is 14.9 Å². The van der Waals surface area contributed by atoms with E-state index in [0.717, 1.165) is 19.5 Å². The summed E-state index contributed by atoms with van der Waals surface area (Å²) >= 11 is 0. The first-order valence-corrected chi connectivity index (χ1v) is 13.7. The van der Waals surface area contributed by atoms with Crippen LogP contribution in [-0.2, 0) is 4.74 Å². The highest BCUT2D eigenvalue weighted by molar-refractivity contribution is 5.90. The second-order valence-corrected chi connectivity index (χ2v) is 11.1. The molecule has 3 aromatic rings. The molecule has 4 rings (SSSR count). The van der Waals surface area contributed by atoms with Crippen molar-refractivity contribution in [2.75, 3.05) is 58.4 Å². The number of hydrogen-bond acceptors (Lipinski definition) is 8. The van der Waals surface area contributed by atoms with Gasteiger partial charge in [0.25, 0.3) is 0 Å². The van der Waals surface area contributed by atoms with Gasteiger partial charge >= 0.3 is 6.03 Å². The van der Waals surface area contributed by atoms with Gasteiger partial charge < -0.3 is 34.7 Å². The smallest absolute Gasteiger partial charge is 0.319 e. The Balaban J connectivity index is 1.41. The van der Waals surface area contributed by atoms with Gasteiger partial charge in [-0.05, 0) is 36.1 Å². The van der Waals surface area contributed by atoms with E-state index in [-0.39, 0.29) is 23.5 Å². The molecule has 3 N–H and O–H groups in total. The van der Waals surface area contributed by atoms with Gasteiger partial charge in [0.2, 0.25) is 0 Å². The van der Waals surface area contributed by atoms with Crippen LogP contribution < -0.4 is 24.8 Å². The summed E-state index contributed by atoms with van der Waals surface area (Å²) in [5, 5.41) is 16.4. The molecular weight excluding hydrogens is 531 g/mol. The van der Waals surface area contributed by atoms with Crippen molar-refractivity contribution < 1.29 is 33.2 Å². The van der Waals surface area contributed by atoms with Crippen molar-refractivity contribution in [3.05, 3.63) is 48.4 Å². The van der Waals surface area contributed by atoms with Crippen LogP contribution in [0.3, 0.4) is 0 Å². The number of anilines is 1. The predicted molar refractivity (Wildman–Crippen MR) is 155 cm³/mol. The fourth-order valence-corrected chi connectivity index (χ4v) is 4.32. The topological polar surface area (TPSA) is 114 Å². The maximum atomic E-state index is 14.8. The van der Waals surface area contributed by atoms with Crippen LogP contribution in [0.1, 0.15) is 27.2 Å². The number of aromatic nitrogens is 1. The first-order valence-electron chi connectivity index (χ1n) is 13.7. The molecule has 11 heteroatoms. The van der Waals surface area contributed by atoms with E-state index >= 15 is 0 Å². The third-order valence-electron chi connectivity index (χ3n) is 6.57. The number of pyridine rings is 1. The number of fused-ring (bicyclic) bond motifs is 1. The third kappa shape index (κ3) is 8.91. The lowest BCUT2D eigenvalue weighted by Crippen LogP contribution is -2.42. The minimum atomic E-state index is -0.682. The Morgan fingerprint density at radius 1 is 1.15 bits per heavy atom. The lowest BCUT2D eigenvalue weighted by Gasteiger charge is -2.28. The van der Waals surface area contributed by atoms with E-state index in [0.29, 0.717) is 54.5 Å². The minimum absolute atomic E-state index is 0.0458. The minimum Gasteiger partial charge on any atom is -0.493 e. The first-order chi connectivity index (χ1) is 19.6. The largest absolute Gasteiger partial charge is 0.493 e. The maximum Gasteiger partial charge on any atom is 0.319 e. The van der Waals surface area contributed by atoms with Crippen molar-refractivity contribution in [1.29, 1.82) is 0 Å². The van der Waals surface area contributed by atoms with Crippen molar-refractivity contribution >= 4 is 22.6 Å². The van der Waals surface area contributed by atoms with Gasteiger partial charge in [0.15, 0.2) is 11.5 Å². The van der Waals surface area contributed by atoms with Crippen molar-refractivity contribution in [3.63, 3.8) is 0 Å². The normalized spacial score (nSPS) is 14.9. The molecule has 1 aromatic heterocycles. The molecule has 2 amide bonds. The van der Waals surface area contributed by atoms with Crippen LogP contribution >= 0.6 is 0 Å². The average Bonchev–Trinajstić information content (AvgIpc) is 2.93. The van der Waals surface area contributed by atoms with E-state index in [9.17, 15) is 14.3 Å². The number of morpholine rings is 1. The van der Waals surface area contributed by atoms with Gasteiger partial charge in [0, 0.05) is 49.9 Å². The number of rotatable bonds is 11. The summed E-state index contributed by atoms with van der Waals surface area (Å²) in [6, 6.07) is 8.88. The molecule has 222 valence electrons. The zero-order chi connectivity index (χ0) is 29.4. The molecular formula is C30H39FN4O6. The van der Waals surface area contributed by atoms with Crippen LogP contribution in [0.5, 0.6) is 23.0 Å². The Bertz CT molecular complexity index is 1330. The highest BCUT2D eigenvalue weighted by atomic mass is 19.1. The van der Waals surface area contributed by atoms with Gasteiger partial charge in [-0.25, -0.2) is 9.18 Å². The number of halogens is 1. The first kappa shape index (κ1) is 30.3. The van der Waals surface area contributed by atoms with Crippen LogP contribution in [0, 0.1) is 11.2 Å². The van der Waals surface area contributed by atoms with Crippen molar-refractivity contribution in [3.8, 4) is 23.0 Å². The number of amides is 2. The lowest BCUT2D eigenvalue weighted by atomic mass is 9.92. The van der Waals surface area contributed by atoms with Crippen LogP contribution in [0.2, 0.25) is 0 Å². The van der Waals surface area contributed by atoms with Gasteiger partial charge in [-0.3, -0.25) is 9.88 Å². The van der Waals surface area contributed by atoms with Crippen LogP contribution in [0.15, 0.2) is 42.6 Å². The number of methoxy groups -OCH3 is 1. The second kappa shape index (κ2) is 13.8.